The van der Waals surface area contributed by atoms with Crippen LogP contribution in [0.15, 0.2) is 24.3 Å². The molecule has 1 fully saturated rings. The van der Waals surface area contributed by atoms with Crippen molar-refractivity contribution in [3.05, 3.63) is 35.4 Å². The van der Waals surface area contributed by atoms with Gasteiger partial charge in [-0.25, -0.2) is 9.18 Å². The SMILES string of the molecule is CN1CCCC(F)(c2ccccc2C(=O)O)C1. The molecule has 1 aliphatic heterocycles. The number of likely N-dealkylation sites (N-methyl/N-ethyl adjacent to an activating group) is 1. The zero-order valence-corrected chi connectivity index (χ0v) is 9.82. The molecule has 4 heteroatoms. The number of piperidine rings is 1. The van der Waals surface area contributed by atoms with Crippen LogP contribution < -0.4 is 0 Å². The predicted octanol–water partition coefficient (Wildman–Crippen LogP) is 2.28. The minimum absolute atomic E-state index is 0.0744. The van der Waals surface area contributed by atoms with Crippen molar-refractivity contribution in [1.29, 1.82) is 0 Å². The van der Waals surface area contributed by atoms with Gasteiger partial charge in [-0.15, -0.1) is 0 Å². The molecule has 1 aromatic rings. The predicted molar refractivity (Wildman–Crippen MR) is 62.9 cm³/mol. The third-order valence-corrected chi connectivity index (χ3v) is 3.27. The summed E-state index contributed by atoms with van der Waals surface area (Å²) in [5.74, 6) is -1.06. The molecule has 0 radical (unpaired) electrons. The Hall–Kier alpha value is -1.42. The number of carboxylic acid groups (broad SMARTS) is 1. The van der Waals surface area contributed by atoms with Crippen LogP contribution in [0.2, 0.25) is 0 Å². The fourth-order valence-electron chi connectivity index (χ4n) is 2.50. The average molecular weight is 237 g/mol. The van der Waals surface area contributed by atoms with E-state index in [4.69, 9.17) is 5.11 Å². The molecule has 2 rings (SSSR count). The zero-order valence-electron chi connectivity index (χ0n) is 9.82. The van der Waals surface area contributed by atoms with Crippen LogP contribution in [-0.4, -0.2) is 36.1 Å². The van der Waals surface area contributed by atoms with E-state index in [9.17, 15) is 9.18 Å². The van der Waals surface area contributed by atoms with Crippen molar-refractivity contribution in [1.82, 2.24) is 4.90 Å². The molecular weight excluding hydrogens is 221 g/mol. The lowest BCUT2D eigenvalue weighted by molar-refractivity contribution is 0.0517. The number of carbonyl (C=O) groups is 1. The van der Waals surface area contributed by atoms with Gasteiger partial charge in [0.05, 0.1) is 5.56 Å². The molecule has 0 bridgehead atoms. The number of alkyl halides is 1. The number of benzene rings is 1. The van der Waals surface area contributed by atoms with E-state index in [1.54, 1.807) is 18.2 Å². The summed E-state index contributed by atoms with van der Waals surface area (Å²) < 4.78 is 14.9. The van der Waals surface area contributed by atoms with Crippen LogP contribution in [0.4, 0.5) is 4.39 Å². The number of nitrogens with zero attached hydrogens (tertiary/aromatic N) is 1. The Bertz CT molecular complexity index is 435. The third-order valence-electron chi connectivity index (χ3n) is 3.27. The summed E-state index contributed by atoms with van der Waals surface area (Å²) in [6, 6.07) is 6.37. The van der Waals surface area contributed by atoms with Gasteiger partial charge < -0.3 is 10.0 Å². The molecule has 0 saturated carbocycles. The Morgan fingerprint density at radius 3 is 2.82 bits per heavy atom. The van der Waals surface area contributed by atoms with Gasteiger partial charge in [-0.05, 0) is 32.5 Å². The summed E-state index contributed by atoms with van der Waals surface area (Å²) >= 11 is 0. The zero-order chi connectivity index (χ0) is 12.5. The molecule has 1 aliphatic rings. The van der Waals surface area contributed by atoms with Gasteiger partial charge >= 0.3 is 5.97 Å². The maximum Gasteiger partial charge on any atom is 0.336 e. The van der Waals surface area contributed by atoms with Gasteiger partial charge in [0.1, 0.15) is 5.67 Å². The van der Waals surface area contributed by atoms with Crippen molar-refractivity contribution >= 4 is 5.97 Å². The Labute approximate surface area is 99.9 Å². The van der Waals surface area contributed by atoms with E-state index in [1.165, 1.54) is 6.07 Å². The number of rotatable bonds is 2. The number of likely N-dealkylation sites (tertiary alicyclic amines) is 1. The highest BCUT2D eigenvalue weighted by Gasteiger charge is 2.38. The lowest BCUT2D eigenvalue weighted by atomic mass is 9.85. The Balaban J connectivity index is 2.41. The lowest BCUT2D eigenvalue weighted by Crippen LogP contribution is -2.42. The molecule has 0 aliphatic carbocycles. The Kier molecular flexibility index (Phi) is 3.15. The van der Waals surface area contributed by atoms with Crippen LogP contribution >= 0.6 is 0 Å². The van der Waals surface area contributed by atoms with Crippen molar-refractivity contribution in [3.8, 4) is 0 Å². The highest BCUT2D eigenvalue weighted by Crippen LogP contribution is 2.36. The molecule has 1 aromatic carbocycles. The van der Waals surface area contributed by atoms with E-state index in [1.807, 2.05) is 11.9 Å². The van der Waals surface area contributed by atoms with Gasteiger partial charge in [-0.2, -0.15) is 0 Å². The van der Waals surface area contributed by atoms with Crippen molar-refractivity contribution in [2.45, 2.75) is 18.5 Å². The third kappa shape index (κ3) is 2.31. The van der Waals surface area contributed by atoms with E-state index in [2.05, 4.69) is 0 Å². The van der Waals surface area contributed by atoms with Crippen LogP contribution in [0.1, 0.15) is 28.8 Å². The maximum atomic E-state index is 14.9. The van der Waals surface area contributed by atoms with Gasteiger partial charge in [-0.3, -0.25) is 0 Å². The normalized spacial score (nSPS) is 25.8. The molecular formula is C13H16FNO2. The number of carboxylic acids is 1. The highest BCUT2D eigenvalue weighted by atomic mass is 19.1. The van der Waals surface area contributed by atoms with Crippen LogP contribution in [0.25, 0.3) is 0 Å². The molecule has 3 nitrogen and oxygen atoms in total. The summed E-state index contributed by atoms with van der Waals surface area (Å²) in [7, 11) is 1.86. The fraction of sp³-hybridized carbons (Fsp3) is 0.462. The first-order chi connectivity index (χ1) is 8.03. The summed E-state index contributed by atoms with van der Waals surface area (Å²) in [6.45, 7) is 1.12. The number of aromatic carboxylic acids is 1. The molecule has 1 heterocycles. The summed E-state index contributed by atoms with van der Waals surface area (Å²) in [5.41, 5.74) is -1.16. The maximum absolute atomic E-state index is 14.9. The van der Waals surface area contributed by atoms with Gasteiger partial charge in [0.25, 0.3) is 0 Å². The first-order valence-electron chi connectivity index (χ1n) is 5.73. The van der Waals surface area contributed by atoms with E-state index in [-0.39, 0.29) is 12.1 Å². The standard InChI is InChI=1S/C13H16FNO2/c1-15-8-4-7-13(14,9-15)11-6-3-2-5-10(11)12(16)17/h2-3,5-6H,4,7-9H2,1H3,(H,16,17). The minimum atomic E-state index is -1.54. The first kappa shape index (κ1) is 12.0. The second-order valence-electron chi connectivity index (χ2n) is 4.66. The molecule has 0 amide bonds. The van der Waals surface area contributed by atoms with Crippen LogP contribution in [0.5, 0.6) is 0 Å². The van der Waals surface area contributed by atoms with Crippen LogP contribution in [0.3, 0.4) is 0 Å². The largest absolute Gasteiger partial charge is 0.478 e. The average Bonchev–Trinajstić information content (AvgIpc) is 2.28. The monoisotopic (exact) mass is 237 g/mol. The van der Waals surface area contributed by atoms with Gasteiger partial charge in [-0.1, -0.05) is 18.2 Å². The van der Waals surface area contributed by atoms with Crippen molar-refractivity contribution in [2.24, 2.45) is 0 Å². The fourth-order valence-corrected chi connectivity index (χ4v) is 2.50. The summed E-state index contributed by atoms with van der Waals surface area (Å²) in [6.07, 6.45) is 1.14. The quantitative estimate of drug-likeness (QED) is 0.857. The van der Waals surface area contributed by atoms with Gasteiger partial charge in [0.2, 0.25) is 0 Å². The second kappa shape index (κ2) is 4.45. The number of hydrogen-bond donors (Lipinski definition) is 1. The Morgan fingerprint density at radius 1 is 1.47 bits per heavy atom. The highest BCUT2D eigenvalue weighted by molar-refractivity contribution is 5.89. The smallest absolute Gasteiger partial charge is 0.336 e. The lowest BCUT2D eigenvalue weighted by Gasteiger charge is -2.36. The number of halogens is 1. The molecule has 17 heavy (non-hydrogen) atoms. The number of hydrogen-bond acceptors (Lipinski definition) is 2. The van der Waals surface area contributed by atoms with Crippen molar-refractivity contribution in [3.63, 3.8) is 0 Å². The van der Waals surface area contributed by atoms with E-state index in [0.29, 0.717) is 12.0 Å². The van der Waals surface area contributed by atoms with Gasteiger partial charge in [0, 0.05) is 12.1 Å². The molecule has 1 unspecified atom stereocenters. The van der Waals surface area contributed by atoms with Crippen molar-refractivity contribution < 1.29 is 14.3 Å². The van der Waals surface area contributed by atoms with Crippen LogP contribution in [0, 0.1) is 0 Å². The first-order valence-corrected chi connectivity index (χ1v) is 5.73. The molecule has 1 N–H and O–H groups in total. The summed E-state index contributed by atoms with van der Waals surface area (Å²) in [5, 5.41) is 9.10. The molecule has 0 spiro atoms. The summed E-state index contributed by atoms with van der Waals surface area (Å²) in [4.78, 5) is 13.0. The second-order valence-corrected chi connectivity index (χ2v) is 4.66. The van der Waals surface area contributed by atoms with E-state index >= 15 is 0 Å². The molecule has 1 atom stereocenters. The molecule has 0 aromatic heterocycles. The topological polar surface area (TPSA) is 40.5 Å². The molecule has 92 valence electrons. The van der Waals surface area contributed by atoms with Crippen LogP contribution in [-0.2, 0) is 5.67 Å². The van der Waals surface area contributed by atoms with E-state index in [0.717, 1.165) is 13.0 Å². The van der Waals surface area contributed by atoms with Crippen molar-refractivity contribution in [2.75, 3.05) is 20.1 Å². The van der Waals surface area contributed by atoms with Gasteiger partial charge in [0.15, 0.2) is 0 Å². The van der Waals surface area contributed by atoms with E-state index < -0.39 is 11.6 Å². The molecule has 1 saturated heterocycles. The Morgan fingerprint density at radius 2 is 2.18 bits per heavy atom. The minimum Gasteiger partial charge on any atom is -0.478 e.